The van der Waals surface area contributed by atoms with Gasteiger partial charge in [-0.2, -0.15) is 0 Å². The molecule has 2 rings (SSSR count). The first-order chi connectivity index (χ1) is 9.70. The molecule has 0 aliphatic rings. The summed E-state index contributed by atoms with van der Waals surface area (Å²) in [6.07, 6.45) is 1.01. The van der Waals surface area contributed by atoms with Crippen LogP contribution in [0.15, 0.2) is 48.5 Å². The van der Waals surface area contributed by atoms with Crippen molar-refractivity contribution in [2.75, 3.05) is 0 Å². The first-order valence-corrected chi connectivity index (χ1v) is 7.92. The molecule has 0 amide bonds. The highest BCUT2D eigenvalue weighted by Gasteiger charge is 2.23. The van der Waals surface area contributed by atoms with Crippen molar-refractivity contribution < 1.29 is 0 Å². The van der Waals surface area contributed by atoms with Crippen LogP contribution in [0.3, 0.4) is 0 Å². The number of hydrogen-bond donors (Lipinski definition) is 0. The normalized spacial score (nSPS) is 12.5. The van der Waals surface area contributed by atoms with E-state index in [0.717, 1.165) is 11.4 Å². The van der Waals surface area contributed by atoms with E-state index in [2.05, 4.69) is 77.1 Å². The molecule has 0 N–H and O–H groups in total. The molecule has 0 nitrogen and oxygen atoms in total. The van der Waals surface area contributed by atoms with Crippen molar-refractivity contribution in [2.45, 2.75) is 51.9 Å². The zero-order valence-electron chi connectivity index (χ0n) is 13.7. The highest BCUT2D eigenvalue weighted by molar-refractivity contribution is 6.31. The van der Waals surface area contributed by atoms with Crippen molar-refractivity contribution in [3.63, 3.8) is 0 Å². The highest BCUT2D eigenvalue weighted by Crippen LogP contribution is 2.33. The minimum Gasteiger partial charge on any atom is -0.0840 e. The zero-order chi connectivity index (χ0) is 15.7. The average molecular weight is 301 g/mol. The molecular formula is C20H25Cl. The lowest BCUT2D eigenvalue weighted by Gasteiger charge is -2.27. The summed E-state index contributed by atoms with van der Waals surface area (Å²) in [6.45, 7) is 11.2. The molecule has 0 spiro atoms. The quantitative estimate of drug-likeness (QED) is 0.637. The Bertz CT molecular complexity index is 603. The predicted octanol–water partition coefficient (Wildman–Crippen LogP) is 6.16. The van der Waals surface area contributed by atoms with Crippen LogP contribution in [-0.4, -0.2) is 0 Å². The molecule has 0 saturated carbocycles. The van der Waals surface area contributed by atoms with Gasteiger partial charge in [0.25, 0.3) is 0 Å². The van der Waals surface area contributed by atoms with E-state index in [4.69, 9.17) is 11.6 Å². The molecule has 0 saturated heterocycles. The Morgan fingerprint density at radius 3 is 2.05 bits per heavy atom. The third-order valence-corrected chi connectivity index (χ3v) is 4.37. The van der Waals surface area contributed by atoms with Gasteiger partial charge in [0.1, 0.15) is 0 Å². The fourth-order valence-corrected chi connectivity index (χ4v) is 3.16. The maximum atomic E-state index is 6.37. The molecular weight excluding hydrogens is 276 g/mol. The molecule has 0 bridgehead atoms. The Morgan fingerprint density at radius 1 is 0.857 bits per heavy atom. The van der Waals surface area contributed by atoms with Crippen LogP contribution in [0.1, 0.15) is 51.3 Å². The SMILES string of the molecule is CC(C)(C)c1cc(CC(C)(C)c2ccccc2)ccc1Cl. The van der Waals surface area contributed by atoms with E-state index >= 15 is 0 Å². The van der Waals surface area contributed by atoms with Crippen LogP contribution >= 0.6 is 11.6 Å². The van der Waals surface area contributed by atoms with E-state index in [1.165, 1.54) is 16.7 Å². The molecule has 2 aromatic rings. The Balaban J connectivity index is 2.32. The lowest BCUT2D eigenvalue weighted by atomic mass is 9.78. The first-order valence-electron chi connectivity index (χ1n) is 7.54. The van der Waals surface area contributed by atoms with E-state index in [9.17, 15) is 0 Å². The van der Waals surface area contributed by atoms with Gasteiger partial charge in [-0.15, -0.1) is 0 Å². The van der Waals surface area contributed by atoms with E-state index in [1.807, 2.05) is 6.07 Å². The van der Waals surface area contributed by atoms with Crippen molar-refractivity contribution in [3.05, 3.63) is 70.2 Å². The molecule has 112 valence electrons. The highest BCUT2D eigenvalue weighted by atomic mass is 35.5. The molecule has 0 aliphatic heterocycles. The van der Waals surface area contributed by atoms with Crippen molar-refractivity contribution in [1.82, 2.24) is 0 Å². The Hall–Kier alpha value is -1.27. The summed E-state index contributed by atoms with van der Waals surface area (Å²) in [7, 11) is 0. The Morgan fingerprint density at radius 2 is 1.48 bits per heavy atom. The van der Waals surface area contributed by atoms with Crippen LogP contribution in [0.4, 0.5) is 0 Å². The molecule has 0 radical (unpaired) electrons. The molecule has 0 heterocycles. The van der Waals surface area contributed by atoms with E-state index in [-0.39, 0.29) is 10.8 Å². The van der Waals surface area contributed by atoms with Gasteiger partial charge in [-0.05, 0) is 40.0 Å². The van der Waals surface area contributed by atoms with Crippen molar-refractivity contribution >= 4 is 11.6 Å². The monoisotopic (exact) mass is 300 g/mol. The van der Waals surface area contributed by atoms with Crippen molar-refractivity contribution in [2.24, 2.45) is 0 Å². The Kier molecular flexibility index (Phi) is 4.49. The van der Waals surface area contributed by atoms with Gasteiger partial charge in [0, 0.05) is 5.02 Å². The number of rotatable bonds is 3. The molecule has 0 aromatic heterocycles. The van der Waals surface area contributed by atoms with Crippen LogP contribution in [0, 0.1) is 0 Å². The van der Waals surface area contributed by atoms with Crippen LogP contribution in [0.25, 0.3) is 0 Å². The third kappa shape index (κ3) is 3.89. The van der Waals surface area contributed by atoms with Gasteiger partial charge in [0.15, 0.2) is 0 Å². The van der Waals surface area contributed by atoms with Gasteiger partial charge in [0.05, 0.1) is 0 Å². The lowest BCUT2D eigenvalue weighted by molar-refractivity contribution is 0.520. The summed E-state index contributed by atoms with van der Waals surface area (Å²) in [5, 5.41) is 0.865. The van der Waals surface area contributed by atoms with Crippen LogP contribution in [0.5, 0.6) is 0 Å². The fraction of sp³-hybridized carbons (Fsp3) is 0.400. The molecule has 0 unspecified atom stereocenters. The van der Waals surface area contributed by atoms with Gasteiger partial charge in [-0.25, -0.2) is 0 Å². The second-order valence-electron chi connectivity index (χ2n) is 7.49. The summed E-state index contributed by atoms with van der Waals surface area (Å²) in [4.78, 5) is 0. The van der Waals surface area contributed by atoms with Gasteiger partial charge in [-0.1, -0.05) is 88.7 Å². The van der Waals surface area contributed by atoms with Crippen molar-refractivity contribution in [1.29, 1.82) is 0 Å². The summed E-state index contributed by atoms with van der Waals surface area (Å²) in [6, 6.07) is 17.2. The molecule has 21 heavy (non-hydrogen) atoms. The van der Waals surface area contributed by atoms with Crippen molar-refractivity contribution in [3.8, 4) is 0 Å². The second-order valence-corrected chi connectivity index (χ2v) is 7.90. The van der Waals surface area contributed by atoms with Crippen LogP contribution in [0.2, 0.25) is 5.02 Å². The lowest BCUT2D eigenvalue weighted by Crippen LogP contribution is -2.21. The van der Waals surface area contributed by atoms with E-state index < -0.39 is 0 Å². The summed E-state index contributed by atoms with van der Waals surface area (Å²) >= 11 is 6.37. The maximum Gasteiger partial charge on any atom is 0.0443 e. The molecule has 2 aromatic carbocycles. The molecule has 0 aliphatic carbocycles. The number of benzene rings is 2. The summed E-state index contributed by atoms with van der Waals surface area (Å²) in [5.41, 5.74) is 4.13. The third-order valence-electron chi connectivity index (χ3n) is 4.04. The summed E-state index contributed by atoms with van der Waals surface area (Å²) in [5.74, 6) is 0. The smallest absolute Gasteiger partial charge is 0.0443 e. The van der Waals surface area contributed by atoms with Crippen LogP contribution in [-0.2, 0) is 17.3 Å². The maximum absolute atomic E-state index is 6.37. The summed E-state index contributed by atoms with van der Waals surface area (Å²) < 4.78 is 0. The number of hydrogen-bond acceptors (Lipinski definition) is 0. The van der Waals surface area contributed by atoms with Gasteiger partial charge < -0.3 is 0 Å². The predicted molar refractivity (Wildman–Crippen MR) is 93.3 cm³/mol. The Labute approximate surface area is 134 Å². The molecule has 0 atom stereocenters. The minimum atomic E-state index is 0.0734. The van der Waals surface area contributed by atoms with E-state index in [0.29, 0.717) is 0 Å². The molecule has 0 fully saturated rings. The van der Waals surface area contributed by atoms with E-state index in [1.54, 1.807) is 0 Å². The standard InChI is InChI=1S/C20H25Cl/c1-19(2,3)17-13-15(11-12-18(17)21)14-20(4,5)16-9-7-6-8-10-16/h6-13H,14H2,1-5H3. The van der Waals surface area contributed by atoms with Crippen LogP contribution < -0.4 is 0 Å². The van der Waals surface area contributed by atoms with Gasteiger partial charge >= 0.3 is 0 Å². The minimum absolute atomic E-state index is 0.0734. The first kappa shape index (κ1) is 16.1. The second kappa shape index (κ2) is 5.85. The molecule has 1 heteroatoms. The fourth-order valence-electron chi connectivity index (χ4n) is 2.76. The van der Waals surface area contributed by atoms with Gasteiger partial charge in [-0.3, -0.25) is 0 Å². The average Bonchev–Trinajstić information content (AvgIpc) is 2.40. The van der Waals surface area contributed by atoms with Gasteiger partial charge in [0.2, 0.25) is 0 Å². The topological polar surface area (TPSA) is 0 Å². The number of halogens is 1. The largest absolute Gasteiger partial charge is 0.0840 e. The zero-order valence-corrected chi connectivity index (χ0v) is 14.5.